The Labute approximate surface area is 95.3 Å². The van der Waals surface area contributed by atoms with Gasteiger partial charge in [-0.1, -0.05) is 6.07 Å². The molecule has 0 saturated carbocycles. The van der Waals surface area contributed by atoms with Crippen LogP contribution in [0.15, 0.2) is 18.2 Å². The number of alkyl halides is 3. The van der Waals surface area contributed by atoms with Gasteiger partial charge < -0.3 is 4.74 Å². The number of nitrogens with zero attached hydrogens (tertiary/aromatic N) is 1. The van der Waals surface area contributed by atoms with Crippen molar-refractivity contribution in [3.05, 3.63) is 31.9 Å². The first-order valence-electron chi connectivity index (χ1n) is 3.50. The molecule has 0 amide bonds. The highest BCUT2D eigenvalue weighted by Crippen LogP contribution is 2.33. The van der Waals surface area contributed by atoms with Gasteiger partial charge in [-0.2, -0.15) is 0 Å². The zero-order valence-electron chi connectivity index (χ0n) is 6.92. The number of rotatable bonds is 2. The molecular weight excluding hydrogens is 330 g/mol. The first-order valence-corrected chi connectivity index (χ1v) is 4.58. The van der Waals surface area contributed by atoms with E-state index in [1.807, 2.05) is 0 Å². The molecule has 0 aliphatic carbocycles. The molecule has 0 spiro atoms. The van der Waals surface area contributed by atoms with Crippen molar-refractivity contribution < 1.29 is 22.8 Å². The van der Waals surface area contributed by atoms with E-state index in [4.69, 9.17) is 0 Å². The van der Waals surface area contributed by atoms with Crippen LogP contribution in [0.1, 0.15) is 0 Å². The molecule has 1 aromatic rings. The van der Waals surface area contributed by atoms with Crippen molar-refractivity contribution in [2.45, 2.75) is 6.36 Å². The van der Waals surface area contributed by atoms with Crippen molar-refractivity contribution >= 4 is 28.3 Å². The second kappa shape index (κ2) is 4.21. The van der Waals surface area contributed by atoms with E-state index < -0.39 is 22.7 Å². The summed E-state index contributed by atoms with van der Waals surface area (Å²) >= 11 is 1.43. The van der Waals surface area contributed by atoms with Crippen LogP contribution in [0.2, 0.25) is 0 Å². The van der Waals surface area contributed by atoms with Gasteiger partial charge in [0.05, 0.1) is 4.92 Å². The monoisotopic (exact) mass is 333 g/mol. The van der Waals surface area contributed by atoms with Crippen molar-refractivity contribution in [3.8, 4) is 5.75 Å². The van der Waals surface area contributed by atoms with Gasteiger partial charge in [0.25, 0.3) is 5.69 Å². The minimum atomic E-state index is -4.85. The minimum Gasteiger partial charge on any atom is -0.404 e. The van der Waals surface area contributed by atoms with Gasteiger partial charge in [0.2, 0.25) is 0 Å². The van der Waals surface area contributed by atoms with Crippen LogP contribution in [0.4, 0.5) is 18.9 Å². The topological polar surface area (TPSA) is 52.4 Å². The Balaban J connectivity index is 3.10. The Hall–Kier alpha value is -1.06. The molecule has 0 N–H and O–H groups in total. The van der Waals surface area contributed by atoms with E-state index in [9.17, 15) is 23.3 Å². The molecule has 15 heavy (non-hydrogen) atoms. The molecule has 0 aliphatic heterocycles. The summed E-state index contributed by atoms with van der Waals surface area (Å²) in [5.74, 6) is -0.572. The number of ether oxygens (including phenoxy) is 1. The predicted molar refractivity (Wildman–Crippen MR) is 52.5 cm³/mol. The quantitative estimate of drug-likeness (QED) is 0.475. The number of hydrogen-bond donors (Lipinski definition) is 0. The summed E-state index contributed by atoms with van der Waals surface area (Å²) in [6, 6.07) is 3.24. The average Bonchev–Trinajstić information content (AvgIpc) is 2.05. The summed E-state index contributed by atoms with van der Waals surface area (Å²) in [5.41, 5.74) is -0.419. The molecule has 0 atom stereocenters. The van der Waals surface area contributed by atoms with Crippen molar-refractivity contribution in [2.75, 3.05) is 0 Å². The lowest BCUT2D eigenvalue weighted by molar-refractivity contribution is -0.386. The summed E-state index contributed by atoms with van der Waals surface area (Å²) in [5, 5.41) is 10.4. The molecule has 0 bridgehead atoms. The lowest BCUT2D eigenvalue weighted by Crippen LogP contribution is -2.18. The van der Waals surface area contributed by atoms with Crippen LogP contribution in [0, 0.1) is 13.7 Å². The second-order valence-electron chi connectivity index (χ2n) is 2.39. The van der Waals surface area contributed by atoms with Crippen LogP contribution in [0.3, 0.4) is 0 Å². The molecule has 0 heterocycles. The molecular formula is C7H3F3INO3. The highest BCUT2D eigenvalue weighted by atomic mass is 127. The maximum atomic E-state index is 11.9. The number of nitro benzene ring substituents is 1. The Morgan fingerprint density at radius 1 is 1.40 bits per heavy atom. The summed E-state index contributed by atoms with van der Waals surface area (Å²) in [6.07, 6.45) is -4.85. The highest BCUT2D eigenvalue weighted by Gasteiger charge is 2.33. The van der Waals surface area contributed by atoms with Gasteiger partial charge in [0.15, 0.2) is 0 Å². The molecule has 0 aromatic heterocycles. The summed E-state index contributed by atoms with van der Waals surface area (Å²) in [7, 11) is 0. The van der Waals surface area contributed by atoms with E-state index in [0.29, 0.717) is 0 Å². The predicted octanol–water partition coefficient (Wildman–Crippen LogP) is 3.10. The Bertz CT molecular complexity index is 394. The average molecular weight is 333 g/mol. The third-order valence-corrected chi connectivity index (χ3v) is 2.45. The van der Waals surface area contributed by atoms with Crippen LogP contribution in [0.5, 0.6) is 5.75 Å². The Morgan fingerprint density at radius 2 is 2.00 bits per heavy atom. The maximum absolute atomic E-state index is 11.9. The largest absolute Gasteiger partial charge is 0.573 e. The minimum absolute atomic E-state index is 0.183. The number of hydrogen-bond acceptors (Lipinski definition) is 3. The van der Waals surface area contributed by atoms with Gasteiger partial charge in [0.1, 0.15) is 9.32 Å². The standard InChI is InChI=1S/C7H3F3INO3/c8-7(9,10)15-5-3-1-2-4(6(5)11)12(13)14/h1-3H. The van der Waals surface area contributed by atoms with Gasteiger partial charge in [-0.25, -0.2) is 0 Å². The van der Waals surface area contributed by atoms with E-state index in [0.717, 1.165) is 18.2 Å². The molecule has 0 saturated heterocycles. The van der Waals surface area contributed by atoms with Crippen LogP contribution in [-0.2, 0) is 0 Å². The van der Waals surface area contributed by atoms with Crippen LogP contribution >= 0.6 is 22.6 Å². The van der Waals surface area contributed by atoms with Crippen molar-refractivity contribution in [2.24, 2.45) is 0 Å². The molecule has 1 rings (SSSR count). The third-order valence-electron chi connectivity index (χ3n) is 1.37. The van der Waals surface area contributed by atoms with Crippen LogP contribution in [-0.4, -0.2) is 11.3 Å². The summed E-state index contributed by atoms with van der Waals surface area (Å²) < 4.78 is 39.0. The summed E-state index contributed by atoms with van der Waals surface area (Å²) in [6.45, 7) is 0. The third kappa shape index (κ3) is 3.22. The van der Waals surface area contributed by atoms with Gasteiger partial charge in [-0.15, -0.1) is 13.2 Å². The summed E-state index contributed by atoms with van der Waals surface area (Å²) in [4.78, 5) is 9.63. The molecule has 0 radical (unpaired) electrons. The Kier molecular flexibility index (Phi) is 3.37. The van der Waals surface area contributed by atoms with Crippen LogP contribution in [0.25, 0.3) is 0 Å². The number of benzene rings is 1. The molecule has 82 valence electrons. The van der Waals surface area contributed by atoms with Gasteiger partial charge in [-0.3, -0.25) is 10.1 Å². The fourth-order valence-electron chi connectivity index (χ4n) is 0.844. The van der Waals surface area contributed by atoms with E-state index in [1.165, 1.54) is 22.6 Å². The van der Waals surface area contributed by atoms with Gasteiger partial charge in [0, 0.05) is 6.07 Å². The smallest absolute Gasteiger partial charge is 0.404 e. The number of halogens is 4. The molecule has 0 unspecified atom stereocenters. The van der Waals surface area contributed by atoms with Gasteiger partial charge in [-0.05, 0) is 28.7 Å². The molecule has 0 aliphatic rings. The second-order valence-corrected chi connectivity index (χ2v) is 3.47. The molecule has 1 aromatic carbocycles. The van der Waals surface area contributed by atoms with Gasteiger partial charge >= 0.3 is 6.36 Å². The zero-order chi connectivity index (χ0) is 11.6. The van der Waals surface area contributed by atoms with Crippen molar-refractivity contribution in [3.63, 3.8) is 0 Å². The maximum Gasteiger partial charge on any atom is 0.573 e. The Morgan fingerprint density at radius 3 is 2.47 bits per heavy atom. The van der Waals surface area contributed by atoms with Crippen molar-refractivity contribution in [1.29, 1.82) is 0 Å². The molecule has 8 heteroatoms. The van der Waals surface area contributed by atoms with Crippen LogP contribution < -0.4 is 4.74 Å². The van der Waals surface area contributed by atoms with E-state index in [1.54, 1.807) is 0 Å². The van der Waals surface area contributed by atoms with E-state index >= 15 is 0 Å². The zero-order valence-corrected chi connectivity index (χ0v) is 9.07. The molecule has 0 fully saturated rings. The normalized spacial score (nSPS) is 11.2. The lowest BCUT2D eigenvalue weighted by atomic mass is 10.3. The first-order chi connectivity index (χ1) is 6.81. The fourth-order valence-corrected chi connectivity index (χ4v) is 1.51. The molecule has 4 nitrogen and oxygen atoms in total. The highest BCUT2D eigenvalue weighted by molar-refractivity contribution is 14.1. The lowest BCUT2D eigenvalue weighted by Gasteiger charge is -2.09. The SMILES string of the molecule is O=[N+]([O-])c1cccc(OC(F)(F)F)c1I. The first kappa shape index (κ1) is 12.0. The van der Waals surface area contributed by atoms with E-state index in [2.05, 4.69) is 4.74 Å². The fraction of sp³-hybridized carbons (Fsp3) is 0.143. The van der Waals surface area contributed by atoms with Crippen molar-refractivity contribution in [1.82, 2.24) is 0 Å². The van der Waals surface area contributed by atoms with E-state index in [-0.39, 0.29) is 3.57 Å². The number of nitro groups is 1.